The average molecular weight is 329 g/mol. The summed E-state index contributed by atoms with van der Waals surface area (Å²) in [6, 6.07) is 14.6. The second kappa shape index (κ2) is 10.3. The standard InChI is InChI=1S/C21H31NO2/c1-3-4-5-6-10-17(2)22-15-19(23)16-24-21-14-9-12-18-11-7-8-13-20(18)21/h7-9,11-14,17,19,22-23H,3-6,10,15-16H2,1-2H3/t17-,19-/m0/s1. The minimum Gasteiger partial charge on any atom is -0.490 e. The lowest BCUT2D eigenvalue weighted by Crippen LogP contribution is -2.36. The molecule has 2 aromatic carbocycles. The molecule has 0 unspecified atom stereocenters. The van der Waals surface area contributed by atoms with Crippen molar-refractivity contribution in [2.45, 2.75) is 58.1 Å². The maximum Gasteiger partial charge on any atom is 0.127 e. The maximum atomic E-state index is 10.2. The lowest BCUT2D eigenvalue weighted by atomic mass is 10.1. The highest BCUT2D eigenvalue weighted by Gasteiger charge is 2.09. The third-order valence-electron chi connectivity index (χ3n) is 4.37. The van der Waals surface area contributed by atoms with Crippen molar-refractivity contribution < 1.29 is 9.84 Å². The van der Waals surface area contributed by atoms with Gasteiger partial charge >= 0.3 is 0 Å². The number of hydrogen-bond acceptors (Lipinski definition) is 3. The first-order valence-corrected chi connectivity index (χ1v) is 9.22. The van der Waals surface area contributed by atoms with Gasteiger partial charge in [0.05, 0.1) is 0 Å². The molecule has 0 heterocycles. The predicted molar refractivity (Wildman–Crippen MR) is 102 cm³/mol. The normalized spacial score (nSPS) is 13.8. The lowest BCUT2D eigenvalue weighted by Gasteiger charge is -2.18. The van der Waals surface area contributed by atoms with Crippen LogP contribution in [0.25, 0.3) is 10.8 Å². The highest BCUT2D eigenvalue weighted by atomic mass is 16.5. The Morgan fingerprint density at radius 3 is 2.67 bits per heavy atom. The first kappa shape index (κ1) is 18.8. The summed E-state index contributed by atoms with van der Waals surface area (Å²) in [7, 11) is 0. The summed E-state index contributed by atoms with van der Waals surface area (Å²) < 4.78 is 5.84. The van der Waals surface area contributed by atoms with Crippen LogP contribution in [0, 0.1) is 0 Å². The van der Waals surface area contributed by atoms with Crippen LogP contribution >= 0.6 is 0 Å². The number of hydrogen-bond donors (Lipinski definition) is 2. The molecule has 0 fully saturated rings. The van der Waals surface area contributed by atoms with Crippen LogP contribution < -0.4 is 10.1 Å². The van der Waals surface area contributed by atoms with Gasteiger partial charge in [0.1, 0.15) is 18.5 Å². The Labute approximate surface area is 146 Å². The fraction of sp³-hybridized carbons (Fsp3) is 0.524. The van der Waals surface area contributed by atoms with E-state index in [1.807, 2.05) is 30.3 Å². The smallest absolute Gasteiger partial charge is 0.127 e. The number of unbranched alkanes of at least 4 members (excludes halogenated alkanes) is 3. The predicted octanol–water partition coefficient (Wildman–Crippen LogP) is 4.53. The second-order valence-corrected chi connectivity index (χ2v) is 6.60. The van der Waals surface area contributed by atoms with E-state index in [1.165, 1.54) is 25.7 Å². The van der Waals surface area contributed by atoms with Gasteiger partial charge in [-0.2, -0.15) is 0 Å². The van der Waals surface area contributed by atoms with Crippen molar-refractivity contribution in [1.82, 2.24) is 5.32 Å². The molecule has 0 aliphatic heterocycles. The van der Waals surface area contributed by atoms with Crippen LogP contribution in [0.2, 0.25) is 0 Å². The molecule has 2 N–H and O–H groups in total. The molecular weight excluding hydrogens is 298 g/mol. The van der Waals surface area contributed by atoms with E-state index in [2.05, 4.69) is 31.3 Å². The van der Waals surface area contributed by atoms with E-state index in [9.17, 15) is 5.11 Å². The minimum atomic E-state index is -0.498. The number of aliphatic hydroxyl groups excluding tert-OH is 1. The van der Waals surface area contributed by atoms with E-state index in [-0.39, 0.29) is 0 Å². The van der Waals surface area contributed by atoms with Crippen LogP contribution in [0.5, 0.6) is 5.75 Å². The van der Waals surface area contributed by atoms with Crippen molar-refractivity contribution in [2.75, 3.05) is 13.2 Å². The van der Waals surface area contributed by atoms with E-state index in [0.717, 1.165) is 22.9 Å². The summed E-state index contributed by atoms with van der Waals surface area (Å²) in [4.78, 5) is 0. The molecule has 0 aromatic heterocycles. The summed E-state index contributed by atoms with van der Waals surface area (Å²) in [6.07, 6.45) is 5.80. The van der Waals surface area contributed by atoms with E-state index in [1.54, 1.807) is 0 Å². The molecule has 0 saturated heterocycles. The Balaban J connectivity index is 1.72. The van der Waals surface area contributed by atoms with Crippen LogP contribution in [0.3, 0.4) is 0 Å². The number of aliphatic hydroxyl groups is 1. The van der Waals surface area contributed by atoms with Crippen molar-refractivity contribution in [1.29, 1.82) is 0 Å². The van der Waals surface area contributed by atoms with Crippen molar-refractivity contribution in [3.63, 3.8) is 0 Å². The quantitative estimate of drug-likeness (QED) is 0.595. The number of fused-ring (bicyclic) bond motifs is 1. The summed E-state index contributed by atoms with van der Waals surface area (Å²) in [5.41, 5.74) is 0. The Bertz CT molecular complexity index is 594. The van der Waals surface area contributed by atoms with Gasteiger partial charge in [-0.05, 0) is 24.8 Å². The van der Waals surface area contributed by atoms with E-state index in [4.69, 9.17) is 4.74 Å². The minimum absolute atomic E-state index is 0.309. The Morgan fingerprint density at radius 2 is 1.83 bits per heavy atom. The summed E-state index contributed by atoms with van der Waals surface area (Å²) in [6.45, 7) is 5.29. The van der Waals surface area contributed by atoms with Gasteiger partial charge in [-0.25, -0.2) is 0 Å². The van der Waals surface area contributed by atoms with Gasteiger partial charge in [-0.1, -0.05) is 69.0 Å². The lowest BCUT2D eigenvalue weighted by molar-refractivity contribution is 0.104. The molecule has 0 saturated carbocycles. The summed E-state index contributed by atoms with van der Waals surface area (Å²) in [5.74, 6) is 0.833. The maximum absolute atomic E-state index is 10.2. The molecule has 24 heavy (non-hydrogen) atoms. The van der Waals surface area contributed by atoms with E-state index >= 15 is 0 Å². The molecule has 2 rings (SSSR count). The number of nitrogens with one attached hydrogen (secondary N) is 1. The molecule has 3 heteroatoms. The van der Waals surface area contributed by atoms with Crippen molar-refractivity contribution in [2.24, 2.45) is 0 Å². The fourth-order valence-electron chi connectivity index (χ4n) is 2.88. The number of ether oxygens (including phenoxy) is 1. The zero-order chi connectivity index (χ0) is 17.2. The first-order valence-electron chi connectivity index (χ1n) is 9.22. The van der Waals surface area contributed by atoms with Gasteiger partial charge in [0, 0.05) is 18.0 Å². The van der Waals surface area contributed by atoms with Gasteiger partial charge < -0.3 is 15.2 Å². The second-order valence-electron chi connectivity index (χ2n) is 6.60. The Hall–Kier alpha value is -1.58. The molecule has 0 amide bonds. The van der Waals surface area contributed by atoms with Crippen molar-refractivity contribution in [3.05, 3.63) is 42.5 Å². The van der Waals surface area contributed by atoms with Gasteiger partial charge in [-0.15, -0.1) is 0 Å². The monoisotopic (exact) mass is 329 g/mol. The third-order valence-corrected chi connectivity index (χ3v) is 4.37. The first-order chi connectivity index (χ1) is 11.7. The van der Waals surface area contributed by atoms with Gasteiger partial charge in [0.15, 0.2) is 0 Å². The molecule has 2 aromatic rings. The molecule has 3 nitrogen and oxygen atoms in total. The zero-order valence-corrected chi connectivity index (χ0v) is 15.0. The molecular formula is C21H31NO2. The van der Waals surface area contributed by atoms with Crippen LogP contribution in [-0.2, 0) is 0 Å². The van der Waals surface area contributed by atoms with Gasteiger partial charge in [0.2, 0.25) is 0 Å². The number of rotatable bonds is 11. The van der Waals surface area contributed by atoms with Crippen LogP contribution in [0.4, 0.5) is 0 Å². The van der Waals surface area contributed by atoms with E-state index < -0.39 is 6.10 Å². The summed E-state index contributed by atoms with van der Waals surface area (Å²) in [5, 5.41) is 15.8. The third kappa shape index (κ3) is 6.14. The molecule has 132 valence electrons. The summed E-state index contributed by atoms with van der Waals surface area (Å²) >= 11 is 0. The molecule has 0 aliphatic rings. The fourth-order valence-corrected chi connectivity index (χ4v) is 2.88. The molecule has 2 atom stereocenters. The molecule has 0 aliphatic carbocycles. The Morgan fingerprint density at radius 1 is 1.04 bits per heavy atom. The molecule has 0 bridgehead atoms. The SMILES string of the molecule is CCCCCC[C@H](C)NC[C@H](O)COc1cccc2ccccc12. The highest BCUT2D eigenvalue weighted by molar-refractivity contribution is 5.88. The van der Waals surface area contributed by atoms with Crippen LogP contribution in [-0.4, -0.2) is 30.4 Å². The van der Waals surface area contributed by atoms with Gasteiger partial charge in [0.25, 0.3) is 0 Å². The van der Waals surface area contributed by atoms with E-state index in [0.29, 0.717) is 19.2 Å². The van der Waals surface area contributed by atoms with Crippen LogP contribution in [0.1, 0.15) is 46.0 Å². The average Bonchev–Trinajstić information content (AvgIpc) is 2.61. The largest absolute Gasteiger partial charge is 0.490 e. The van der Waals surface area contributed by atoms with Crippen molar-refractivity contribution in [3.8, 4) is 5.75 Å². The van der Waals surface area contributed by atoms with Crippen molar-refractivity contribution >= 4 is 10.8 Å². The topological polar surface area (TPSA) is 41.5 Å². The van der Waals surface area contributed by atoms with Crippen LogP contribution in [0.15, 0.2) is 42.5 Å². The molecule has 0 spiro atoms. The highest BCUT2D eigenvalue weighted by Crippen LogP contribution is 2.25. The molecule has 0 radical (unpaired) electrons. The Kier molecular flexibility index (Phi) is 8.06. The zero-order valence-electron chi connectivity index (χ0n) is 15.0. The van der Waals surface area contributed by atoms with Gasteiger partial charge in [-0.3, -0.25) is 0 Å². The number of benzene rings is 2.